The molecule has 182 valence electrons. The maximum Gasteiger partial charge on any atom is 0.334 e. The molecule has 5 rings (SSSR count). The molecule has 4 aromatic rings. The Morgan fingerprint density at radius 2 is 1.94 bits per heavy atom. The zero-order valence-electron chi connectivity index (χ0n) is 20.4. The second-order valence-corrected chi connectivity index (χ2v) is 9.68. The van der Waals surface area contributed by atoms with Crippen LogP contribution in [0.25, 0.3) is 22.3 Å². The van der Waals surface area contributed by atoms with Crippen molar-refractivity contribution in [3.63, 3.8) is 0 Å². The van der Waals surface area contributed by atoms with Crippen LogP contribution in [-0.2, 0) is 30.3 Å². The molecule has 6 heteroatoms. The molecule has 1 aliphatic carbocycles. The SMILES string of the molecule is C=CC(=O)OC1(c2cc3ccc2o3)CCC(c2cc3cc(C(CC)(CC)OC(=O)C(=C)C)c2o3)C1. The van der Waals surface area contributed by atoms with Gasteiger partial charge in [-0.05, 0) is 75.3 Å². The molecule has 0 radical (unpaired) electrons. The summed E-state index contributed by atoms with van der Waals surface area (Å²) in [5.74, 6) is -0.760. The Morgan fingerprint density at radius 3 is 2.51 bits per heavy atom. The third kappa shape index (κ3) is 3.63. The Labute approximate surface area is 204 Å². The highest BCUT2D eigenvalue weighted by molar-refractivity contribution is 5.88. The molecule has 2 unspecified atom stereocenters. The first-order valence-electron chi connectivity index (χ1n) is 12.2. The lowest BCUT2D eigenvalue weighted by molar-refractivity contribution is -0.157. The van der Waals surface area contributed by atoms with Crippen LogP contribution < -0.4 is 0 Å². The highest BCUT2D eigenvalue weighted by Gasteiger charge is 2.48. The first-order chi connectivity index (χ1) is 16.7. The molecule has 2 atom stereocenters. The number of carbonyl (C=O) groups is 2. The van der Waals surface area contributed by atoms with Gasteiger partial charge in [0.15, 0.2) is 0 Å². The van der Waals surface area contributed by atoms with Crippen molar-refractivity contribution in [3.8, 4) is 0 Å². The minimum Gasteiger partial charge on any atom is -0.457 e. The van der Waals surface area contributed by atoms with E-state index in [1.807, 2.05) is 38.1 Å². The van der Waals surface area contributed by atoms with E-state index in [4.69, 9.17) is 18.3 Å². The fraction of sp³-hybridized carbons (Fsp3) is 0.379. The molecule has 0 amide bonds. The first kappa shape index (κ1) is 23.2. The Kier molecular flexibility index (Phi) is 5.50. The topological polar surface area (TPSA) is 78.9 Å². The first-order valence-corrected chi connectivity index (χ1v) is 12.2. The summed E-state index contributed by atoms with van der Waals surface area (Å²) in [6.07, 6.45) is 4.50. The summed E-state index contributed by atoms with van der Waals surface area (Å²) in [6, 6.07) is 9.81. The van der Waals surface area contributed by atoms with Gasteiger partial charge in [0.2, 0.25) is 0 Å². The van der Waals surface area contributed by atoms with E-state index in [0.29, 0.717) is 31.3 Å². The number of hydrogen-bond donors (Lipinski definition) is 0. The number of benzene rings is 2. The Bertz CT molecular complexity index is 1400. The standard InChI is InChI=1S/C29H30O6/c1-6-25(30)34-29(22-14-19-9-10-24(22)32-19)12-11-18(16-29)21-13-20-15-23(26(21)33-20)28(7-2,8-3)35-27(31)17(4)5/h6,9-10,13-15,18H,1,4,7-8,11-12,16H2,2-3,5H3. The van der Waals surface area contributed by atoms with E-state index < -0.39 is 23.1 Å². The largest absolute Gasteiger partial charge is 0.457 e. The monoisotopic (exact) mass is 474 g/mol. The molecule has 0 N–H and O–H groups in total. The van der Waals surface area contributed by atoms with Crippen LogP contribution in [0.4, 0.5) is 0 Å². The van der Waals surface area contributed by atoms with Gasteiger partial charge in [-0.15, -0.1) is 0 Å². The molecule has 0 saturated heterocycles. The van der Waals surface area contributed by atoms with Gasteiger partial charge in [0, 0.05) is 28.3 Å². The van der Waals surface area contributed by atoms with Gasteiger partial charge in [-0.3, -0.25) is 0 Å². The molecule has 1 aliphatic rings. The van der Waals surface area contributed by atoms with Crippen LogP contribution in [0.3, 0.4) is 0 Å². The van der Waals surface area contributed by atoms with Gasteiger partial charge in [0.25, 0.3) is 0 Å². The molecule has 6 nitrogen and oxygen atoms in total. The lowest BCUT2D eigenvalue weighted by Crippen LogP contribution is -2.31. The van der Waals surface area contributed by atoms with Crippen molar-refractivity contribution in [2.45, 2.75) is 70.0 Å². The van der Waals surface area contributed by atoms with Gasteiger partial charge >= 0.3 is 11.9 Å². The molecule has 4 bridgehead atoms. The summed E-state index contributed by atoms with van der Waals surface area (Å²) in [5.41, 5.74) is 4.63. The third-order valence-electron chi connectivity index (χ3n) is 7.63. The maximum atomic E-state index is 12.5. The smallest absolute Gasteiger partial charge is 0.334 e. The van der Waals surface area contributed by atoms with Gasteiger partial charge in [-0.25, -0.2) is 9.59 Å². The van der Waals surface area contributed by atoms with Crippen LogP contribution in [0.1, 0.15) is 75.5 Å². The van der Waals surface area contributed by atoms with Crippen molar-refractivity contribution in [1.29, 1.82) is 0 Å². The molecule has 4 aromatic heterocycles. The van der Waals surface area contributed by atoms with Crippen molar-refractivity contribution in [2.24, 2.45) is 0 Å². The normalized spacial score (nSPS) is 20.6. The van der Waals surface area contributed by atoms with Crippen molar-refractivity contribution < 1.29 is 27.9 Å². The van der Waals surface area contributed by atoms with E-state index in [0.717, 1.165) is 45.4 Å². The third-order valence-corrected chi connectivity index (χ3v) is 7.63. The van der Waals surface area contributed by atoms with Gasteiger partial charge in [0.05, 0.1) is 0 Å². The van der Waals surface area contributed by atoms with Crippen molar-refractivity contribution in [2.75, 3.05) is 0 Å². The number of furan rings is 4. The molecule has 4 heterocycles. The Balaban J connectivity index is 1.52. The van der Waals surface area contributed by atoms with Crippen molar-refractivity contribution in [3.05, 3.63) is 71.8 Å². The van der Waals surface area contributed by atoms with E-state index in [2.05, 4.69) is 19.2 Å². The highest BCUT2D eigenvalue weighted by atomic mass is 16.6. The molecule has 1 saturated carbocycles. The summed E-state index contributed by atoms with van der Waals surface area (Å²) in [7, 11) is 0. The van der Waals surface area contributed by atoms with Crippen LogP contribution in [0, 0.1) is 0 Å². The van der Waals surface area contributed by atoms with Crippen LogP contribution in [-0.4, -0.2) is 11.9 Å². The molecular formula is C29H30O6. The molecule has 0 spiro atoms. The average molecular weight is 475 g/mol. The molecule has 1 fully saturated rings. The van der Waals surface area contributed by atoms with Crippen LogP contribution in [0.2, 0.25) is 0 Å². The predicted octanol–water partition coefficient (Wildman–Crippen LogP) is 7.08. The fourth-order valence-electron chi connectivity index (χ4n) is 5.70. The average Bonchev–Trinajstić information content (AvgIpc) is 3.67. The molecule has 0 aromatic carbocycles. The fourth-order valence-corrected chi connectivity index (χ4v) is 5.70. The second kappa shape index (κ2) is 8.29. The summed E-state index contributed by atoms with van der Waals surface area (Å²) in [6.45, 7) is 13.0. The van der Waals surface area contributed by atoms with Crippen molar-refractivity contribution in [1.82, 2.24) is 0 Å². The Hall–Kier alpha value is -3.54. The predicted molar refractivity (Wildman–Crippen MR) is 133 cm³/mol. The number of ether oxygens (including phenoxy) is 2. The molecule has 0 aliphatic heterocycles. The molecule has 35 heavy (non-hydrogen) atoms. The van der Waals surface area contributed by atoms with E-state index in [1.165, 1.54) is 6.08 Å². The summed E-state index contributed by atoms with van der Waals surface area (Å²) >= 11 is 0. The van der Waals surface area contributed by atoms with Gasteiger partial charge in [0.1, 0.15) is 33.5 Å². The van der Waals surface area contributed by atoms with Gasteiger partial charge < -0.3 is 18.3 Å². The summed E-state index contributed by atoms with van der Waals surface area (Å²) in [5, 5.41) is 0. The Morgan fingerprint density at radius 1 is 1.17 bits per heavy atom. The van der Waals surface area contributed by atoms with Crippen LogP contribution >= 0.6 is 0 Å². The summed E-state index contributed by atoms with van der Waals surface area (Å²) in [4.78, 5) is 24.9. The summed E-state index contributed by atoms with van der Waals surface area (Å²) < 4.78 is 24.0. The zero-order valence-corrected chi connectivity index (χ0v) is 20.4. The van der Waals surface area contributed by atoms with Gasteiger partial charge in [-0.2, -0.15) is 0 Å². The van der Waals surface area contributed by atoms with E-state index >= 15 is 0 Å². The lowest BCUT2D eigenvalue weighted by atomic mass is 9.84. The highest BCUT2D eigenvalue weighted by Crippen LogP contribution is 2.54. The van der Waals surface area contributed by atoms with E-state index in [9.17, 15) is 9.59 Å². The number of carbonyl (C=O) groups excluding carboxylic acids is 2. The minimum atomic E-state index is -0.797. The van der Waals surface area contributed by atoms with Crippen LogP contribution in [0.15, 0.2) is 64.0 Å². The number of hydrogen-bond acceptors (Lipinski definition) is 6. The zero-order chi connectivity index (χ0) is 25.0. The second-order valence-electron chi connectivity index (χ2n) is 9.68. The van der Waals surface area contributed by atoms with Crippen molar-refractivity contribution >= 4 is 34.3 Å². The van der Waals surface area contributed by atoms with Gasteiger partial charge in [-0.1, -0.05) is 27.0 Å². The number of fused-ring (bicyclic) bond motifs is 4. The quantitative estimate of drug-likeness (QED) is 0.190. The number of rotatable bonds is 9. The lowest BCUT2D eigenvalue weighted by Gasteiger charge is -2.32. The minimum absolute atomic E-state index is 0.0988. The van der Waals surface area contributed by atoms with Crippen LogP contribution in [0.5, 0.6) is 0 Å². The molecular weight excluding hydrogens is 444 g/mol. The maximum absolute atomic E-state index is 12.5. The van der Waals surface area contributed by atoms with E-state index in [1.54, 1.807) is 6.92 Å². The number of esters is 2. The van der Waals surface area contributed by atoms with E-state index in [-0.39, 0.29) is 5.92 Å².